The Hall–Kier alpha value is -3.23. The average Bonchev–Trinajstić information content (AvgIpc) is 2.78. The van der Waals surface area contributed by atoms with Crippen molar-refractivity contribution in [1.82, 2.24) is 9.97 Å². The minimum Gasteiger partial charge on any atom is -0.487 e. The lowest BCUT2D eigenvalue weighted by atomic mass is 10.0. The molecule has 1 aromatic heterocycles. The minimum absolute atomic E-state index is 0.0643. The summed E-state index contributed by atoms with van der Waals surface area (Å²) in [6.45, 7) is -0.315. The molecule has 0 bridgehead atoms. The van der Waals surface area contributed by atoms with Gasteiger partial charge in [-0.1, -0.05) is 29.3 Å². The smallest absolute Gasteiger partial charge is 0.417 e. The number of alkyl halides is 3. The molecule has 0 saturated heterocycles. The van der Waals surface area contributed by atoms with E-state index in [1.807, 2.05) is 0 Å². The van der Waals surface area contributed by atoms with E-state index in [-0.39, 0.29) is 28.5 Å². The van der Waals surface area contributed by atoms with E-state index < -0.39 is 33.9 Å². The third kappa shape index (κ3) is 4.77. The maximum atomic E-state index is 14.5. The number of fused-ring (bicyclic) bond motifs is 1. The molecule has 0 amide bonds. The molecule has 0 atom stereocenters. The lowest BCUT2D eigenvalue weighted by Gasteiger charge is -2.14. The zero-order chi connectivity index (χ0) is 23.8. The molecule has 0 saturated carbocycles. The predicted molar refractivity (Wildman–Crippen MR) is 115 cm³/mol. The molecule has 33 heavy (non-hydrogen) atoms. The summed E-state index contributed by atoms with van der Waals surface area (Å²) in [7, 11) is 0. The van der Waals surface area contributed by atoms with Gasteiger partial charge in [0.15, 0.2) is 5.78 Å². The molecule has 0 unspecified atom stereocenters. The van der Waals surface area contributed by atoms with Crippen molar-refractivity contribution in [1.29, 1.82) is 0 Å². The van der Waals surface area contributed by atoms with Crippen molar-refractivity contribution in [3.05, 3.63) is 99.0 Å². The van der Waals surface area contributed by atoms with E-state index in [4.69, 9.17) is 27.9 Å². The van der Waals surface area contributed by atoms with Gasteiger partial charge in [0.05, 0.1) is 32.2 Å². The van der Waals surface area contributed by atoms with Crippen LogP contribution in [-0.2, 0) is 12.8 Å². The summed E-state index contributed by atoms with van der Waals surface area (Å²) in [5.74, 6) is -1.64. The van der Waals surface area contributed by atoms with Crippen LogP contribution in [0, 0.1) is 5.82 Å². The molecule has 0 aliphatic carbocycles. The number of aromatic nitrogens is 2. The van der Waals surface area contributed by atoms with Crippen LogP contribution in [0.1, 0.15) is 27.0 Å². The number of hydrogen-bond donors (Lipinski definition) is 0. The normalized spacial score (nSPS) is 11.6. The summed E-state index contributed by atoms with van der Waals surface area (Å²) in [5, 5.41) is -0.747. The fraction of sp³-hybridized carbons (Fsp3) is 0.0870. The standard InChI is InChI=1S/C23H12Cl2F4N2O2/c24-15-3-1-12(9-14(15)23(27,28)29)11-33-19-6-4-16(26)20(21(19)25)22(32)13-2-5-17-18(10-13)31-8-7-30-17/h1-10H,11H2. The number of nitrogens with zero attached hydrogens (tertiary/aromatic N) is 2. The number of halogens is 6. The SMILES string of the molecule is O=C(c1ccc2nccnc2c1)c1c(F)ccc(OCc2ccc(Cl)c(C(F)(F)F)c2)c1Cl. The van der Waals surface area contributed by atoms with E-state index in [0.717, 1.165) is 18.2 Å². The molecular formula is C23H12Cl2F4N2O2. The van der Waals surface area contributed by atoms with Gasteiger partial charge in [-0.25, -0.2) is 4.39 Å². The zero-order valence-corrected chi connectivity index (χ0v) is 18.0. The molecule has 0 aliphatic rings. The van der Waals surface area contributed by atoms with Crippen molar-refractivity contribution in [3.63, 3.8) is 0 Å². The van der Waals surface area contributed by atoms with Gasteiger partial charge >= 0.3 is 6.18 Å². The molecule has 168 valence electrons. The maximum Gasteiger partial charge on any atom is 0.417 e. The van der Waals surface area contributed by atoms with Crippen LogP contribution in [0.5, 0.6) is 5.75 Å². The van der Waals surface area contributed by atoms with E-state index in [1.54, 1.807) is 6.07 Å². The molecule has 1 heterocycles. The van der Waals surface area contributed by atoms with Crippen LogP contribution in [0.2, 0.25) is 10.0 Å². The molecular weight excluding hydrogens is 483 g/mol. The number of ether oxygens (including phenoxy) is 1. The molecule has 4 nitrogen and oxygen atoms in total. The zero-order valence-electron chi connectivity index (χ0n) is 16.5. The number of carbonyl (C=O) groups is 1. The second-order valence-corrected chi connectivity index (χ2v) is 7.71. The summed E-state index contributed by atoms with van der Waals surface area (Å²) in [5.41, 5.74) is -0.147. The van der Waals surface area contributed by atoms with Gasteiger partial charge in [0, 0.05) is 18.0 Å². The summed E-state index contributed by atoms with van der Waals surface area (Å²) in [4.78, 5) is 21.2. The van der Waals surface area contributed by atoms with Crippen molar-refractivity contribution in [2.75, 3.05) is 0 Å². The van der Waals surface area contributed by atoms with Gasteiger partial charge in [-0.3, -0.25) is 14.8 Å². The van der Waals surface area contributed by atoms with E-state index in [0.29, 0.717) is 11.0 Å². The molecule has 4 aromatic rings. The van der Waals surface area contributed by atoms with E-state index in [2.05, 4.69) is 9.97 Å². The third-order valence-corrected chi connectivity index (χ3v) is 5.45. The fourth-order valence-corrected chi connectivity index (χ4v) is 3.66. The first kappa shape index (κ1) is 22.9. The Morgan fingerprint density at radius 2 is 1.67 bits per heavy atom. The van der Waals surface area contributed by atoms with Gasteiger partial charge in [0.1, 0.15) is 18.2 Å². The summed E-state index contributed by atoms with van der Waals surface area (Å²) >= 11 is 11.9. The first-order valence-electron chi connectivity index (χ1n) is 9.37. The minimum atomic E-state index is -4.63. The summed E-state index contributed by atoms with van der Waals surface area (Å²) < 4.78 is 59.2. The Labute approximate surface area is 194 Å². The molecule has 0 fully saturated rings. The first-order valence-corrected chi connectivity index (χ1v) is 10.1. The number of rotatable bonds is 5. The van der Waals surface area contributed by atoms with Gasteiger partial charge in [-0.2, -0.15) is 13.2 Å². The number of hydrogen-bond acceptors (Lipinski definition) is 4. The number of carbonyl (C=O) groups excluding carboxylic acids is 1. The van der Waals surface area contributed by atoms with Gasteiger partial charge in [0.25, 0.3) is 0 Å². The molecule has 0 aliphatic heterocycles. The molecule has 0 spiro atoms. The van der Waals surface area contributed by atoms with Gasteiger partial charge in [0.2, 0.25) is 0 Å². The molecule has 10 heteroatoms. The Morgan fingerprint density at radius 3 is 2.39 bits per heavy atom. The van der Waals surface area contributed by atoms with Crippen molar-refractivity contribution in [2.45, 2.75) is 12.8 Å². The van der Waals surface area contributed by atoms with Crippen molar-refractivity contribution in [2.24, 2.45) is 0 Å². The largest absolute Gasteiger partial charge is 0.487 e. The number of ketones is 1. The predicted octanol–water partition coefficient (Wildman–Crippen LogP) is 6.90. The second kappa shape index (κ2) is 8.96. The molecule has 0 radical (unpaired) electrons. The van der Waals surface area contributed by atoms with Crippen LogP contribution < -0.4 is 4.74 Å². The monoisotopic (exact) mass is 494 g/mol. The van der Waals surface area contributed by atoms with Crippen molar-refractivity contribution in [3.8, 4) is 5.75 Å². The van der Waals surface area contributed by atoms with Crippen LogP contribution in [0.3, 0.4) is 0 Å². The second-order valence-electron chi connectivity index (χ2n) is 6.92. The van der Waals surface area contributed by atoms with Crippen LogP contribution in [0.15, 0.2) is 60.9 Å². The average molecular weight is 495 g/mol. The number of benzene rings is 3. The first-order chi connectivity index (χ1) is 15.6. The maximum absolute atomic E-state index is 14.5. The van der Waals surface area contributed by atoms with E-state index in [9.17, 15) is 22.4 Å². The van der Waals surface area contributed by atoms with E-state index in [1.165, 1.54) is 36.7 Å². The lowest BCUT2D eigenvalue weighted by molar-refractivity contribution is -0.137. The highest BCUT2D eigenvalue weighted by molar-refractivity contribution is 6.36. The van der Waals surface area contributed by atoms with Crippen molar-refractivity contribution >= 4 is 40.0 Å². The van der Waals surface area contributed by atoms with Gasteiger partial charge < -0.3 is 4.74 Å². The third-order valence-electron chi connectivity index (χ3n) is 4.74. The Morgan fingerprint density at radius 1 is 0.939 bits per heavy atom. The lowest BCUT2D eigenvalue weighted by Crippen LogP contribution is -2.09. The Balaban J connectivity index is 1.62. The highest BCUT2D eigenvalue weighted by Gasteiger charge is 2.33. The summed E-state index contributed by atoms with van der Waals surface area (Å²) in [6.07, 6.45) is -1.68. The highest BCUT2D eigenvalue weighted by Crippen LogP contribution is 2.36. The fourth-order valence-electron chi connectivity index (χ4n) is 3.14. The Kier molecular flexibility index (Phi) is 6.23. The van der Waals surface area contributed by atoms with Crippen molar-refractivity contribution < 1.29 is 27.1 Å². The molecule has 3 aromatic carbocycles. The highest BCUT2D eigenvalue weighted by atomic mass is 35.5. The van der Waals surface area contributed by atoms with Crippen LogP contribution >= 0.6 is 23.2 Å². The van der Waals surface area contributed by atoms with Crippen LogP contribution in [-0.4, -0.2) is 15.8 Å². The molecule has 0 N–H and O–H groups in total. The Bertz CT molecular complexity index is 1380. The quantitative estimate of drug-likeness (QED) is 0.223. The van der Waals surface area contributed by atoms with Gasteiger partial charge in [-0.15, -0.1) is 0 Å². The molecule has 4 rings (SSSR count). The van der Waals surface area contributed by atoms with E-state index >= 15 is 0 Å². The van der Waals surface area contributed by atoms with Crippen LogP contribution in [0.25, 0.3) is 11.0 Å². The topological polar surface area (TPSA) is 52.1 Å². The van der Waals surface area contributed by atoms with Gasteiger partial charge in [-0.05, 0) is 48.0 Å². The van der Waals surface area contributed by atoms with Crippen LogP contribution in [0.4, 0.5) is 17.6 Å². The summed E-state index contributed by atoms with van der Waals surface area (Å²) in [6, 6.07) is 10.0.